The first-order chi connectivity index (χ1) is 9.72. The normalized spacial score (nSPS) is 25.1. The summed E-state index contributed by atoms with van der Waals surface area (Å²) in [7, 11) is 0. The molecule has 116 valence electrons. The Bertz CT molecular complexity index is 304. The third-order valence-corrected chi connectivity index (χ3v) is 5.66. The Morgan fingerprint density at radius 1 is 1.15 bits per heavy atom. The van der Waals surface area contributed by atoms with E-state index in [9.17, 15) is 4.79 Å². The van der Waals surface area contributed by atoms with Gasteiger partial charge in [0.2, 0.25) is 5.91 Å². The van der Waals surface area contributed by atoms with Gasteiger partial charge < -0.3 is 11.1 Å². The molecule has 2 saturated carbocycles. The van der Waals surface area contributed by atoms with Crippen LogP contribution in [-0.2, 0) is 4.79 Å². The van der Waals surface area contributed by atoms with Crippen LogP contribution in [0.4, 0.5) is 0 Å². The Labute approximate surface area is 124 Å². The standard InChI is InChI=1S/C17H32N2O/c1-2-15(14-9-5-3-6-10-14)19-16(20)17(13-18)11-7-4-8-12-17/h14-15H,2-13,18H2,1H3,(H,19,20). The lowest BCUT2D eigenvalue weighted by molar-refractivity contribution is -0.133. The highest BCUT2D eigenvalue weighted by Crippen LogP contribution is 2.36. The zero-order valence-electron chi connectivity index (χ0n) is 13.1. The molecule has 0 saturated heterocycles. The molecule has 20 heavy (non-hydrogen) atoms. The molecule has 1 amide bonds. The first-order valence-corrected chi connectivity index (χ1v) is 8.73. The lowest BCUT2D eigenvalue weighted by Crippen LogP contribution is -2.52. The highest BCUT2D eigenvalue weighted by Gasteiger charge is 2.39. The van der Waals surface area contributed by atoms with Gasteiger partial charge in [-0.05, 0) is 38.0 Å². The van der Waals surface area contributed by atoms with E-state index in [0.717, 1.165) is 32.1 Å². The molecule has 3 heteroatoms. The van der Waals surface area contributed by atoms with Gasteiger partial charge in [-0.3, -0.25) is 4.79 Å². The molecule has 0 bridgehead atoms. The first-order valence-electron chi connectivity index (χ1n) is 8.73. The second-order valence-electron chi connectivity index (χ2n) is 6.93. The van der Waals surface area contributed by atoms with E-state index in [4.69, 9.17) is 5.73 Å². The fourth-order valence-corrected chi connectivity index (χ4v) is 4.16. The van der Waals surface area contributed by atoms with Gasteiger partial charge in [-0.15, -0.1) is 0 Å². The fraction of sp³-hybridized carbons (Fsp3) is 0.941. The van der Waals surface area contributed by atoms with Crippen molar-refractivity contribution in [3.63, 3.8) is 0 Å². The largest absolute Gasteiger partial charge is 0.353 e. The van der Waals surface area contributed by atoms with Crippen molar-refractivity contribution < 1.29 is 4.79 Å². The molecule has 3 nitrogen and oxygen atoms in total. The van der Waals surface area contributed by atoms with Gasteiger partial charge in [0.1, 0.15) is 0 Å². The van der Waals surface area contributed by atoms with E-state index in [1.807, 2.05) is 0 Å². The van der Waals surface area contributed by atoms with E-state index >= 15 is 0 Å². The maximum Gasteiger partial charge on any atom is 0.227 e. The zero-order chi connectivity index (χ0) is 14.4. The molecular formula is C17H32N2O. The third-order valence-electron chi connectivity index (χ3n) is 5.66. The topological polar surface area (TPSA) is 55.1 Å². The molecule has 2 rings (SSSR count). The van der Waals surface area contributed by atoms with Crippen LogP contribution in [0.5, 0.6) is 0 Å². The van der Waals surface area contributed by atoms with Crippen LogP contribution in [0.3, 0.4) is 0 Å². The molecule has 2 aliphatic rings. The molecule has 0 spiro atoms. The predicted molar refractivity (Wildman–Crippen MR) is 83.4 cm³/mol. The summed E-state index contributed by atoms with van der Waals surface area (Å²) >= 11 is 0. The van der Waals surface area contributed by atoms with Crippen molar-refractivity contribution in [2.45, 2.75) is 83.6 Å². The van der Waals surface area contributed by atoms with Gasteiger partial charge in [0.15, 0.2) is 0 Å². The maximum atomic E-state index is 12.8. The maximum absolute atomic E-state index is 12.8. The van der Waals surface area contributed by atoms with Crippen molar-refractivity contribution in [2.75, 3.05) is 6.54 Å². The molecule has 0 radical (unpaired) electrons. The Morgan fingerprint density at radius 2 is 1.75 bits per heavy atom. The number of nitrogens with one attached hydrogen (secondary N) is 1. The molecule has 0 aromatic heterocycles. The summed E-state index contributed by atoms with van der Waals surface area (Å²) in [5, 5.41) is 3.38. The molecule has 0 heterocycles. The van der Waals surface area contributed by atoms with Gasteiger partial charge in [-0.2, -0.15) is 0 Å². The third kappa shape index (κ3) is 3.55. The van der Waals surface area contributed by atoms with Gasteiger partial charge in [-0.25, -0.2) is 0 Å². The quantitative estimate of drug-likeness (QED) is 0.811. The summed E-state index contributed by atoms with van der Waals surface area (Å²) in [6, 6.07) is 0.369. The van der Waals surface area contributed by atoms with E-state index in [1.54, 1.807) is 0 Å². The smallest absolute Gasteiger partial charge is 0.227 e. The minimum absolute atomic E-state index is 0.247. The zero-order valence-corrected chi connectivity index (χ0v) is 13.1. The lowest BCUT2D eigenvalue weighted by Gasteiger charge is -2.38. The fourth-order valence-electron chi connectivity index (χ4n) is 4.16. The summed E-state index contributed by atoms with van der Waals surface area (Å²) in [5.41, 5.74) is 5.71. The number of hydrogen-bond donors (Lipinski definition) is 2. The first kappa shape index (κ1) is 15.8. The minimum Gasteiger partial charge on any atom is -0.353 e. The summed E-state index contributed by atoms with van der Waals surface area (Å²) in [4.78, 5) is 12.8. The van der Waals surface area contributed by atoms with Crippen molar-refractivity contribution in [3.05, 3.63) is 0 Å². The molecule has 0 aromatic carbocycles. The van der Waals surface area contributed by atoms with E-state index in [0.29, 0.717) is 18.5 Å². The molecule has 3 N–H and O–H groups in total. The number of rotatable bonds is 5. The number of hydrogen-bond acceptors (Lipinski definition) is 2. The van der Waals surface area contributed by atoms with E-state index in [-0.39, 0.29) is 11.3 Å². The van der Waals surface area contributed by atoms with Crippen molar-refractivity contribution in [1.29, 1.82) is 0 Å². The molecule has 2 fully saturated rings. The second-order valence-corrected chi connectivity index (χ2v) is 6.93. The SMILES string of the molecule is CCC(NC(=O)C1(CN)CCCCC1)C1CCCCC1. The average molecular weight is 280 g/mol. The molecule has 1 atom stereocenters. The number of amides is 1. The van der Waals surface area contributed by atoms with Crippen LogP contribution in [0, 0.1) is 11.3 Å². The summed E-state index contributed by atoms with van der Waals surface area (Å²) in [5.74, 6) is 0.938. The van der Waals surface area contributed by atoms with Crippen LogP contribution in [0.2, 0.25) is 0 Å². The van der Waals surface area contributed by atoms with E-state index in [2.05, 4.69) is 12.2 Å². The second kappa shape index (κ2) is 7.44. The van der Waals surface area contributed by atoms with Crippen LogP contribution < -0.4 is 11.1 Å². The van der Waals surface area contributed by atoms with Gasteiger partial charge in [-0.1, -0.05) is 45.4 Å². The van der Waals surface area contributed by atoms with Gasteiger partial charge in [0.25, 0.3) is 0 Å². The van der Waals surface area contributed by atoms with Crippen LogP contribution in [0.1, 0.15) is 77.6 Å². The van der Waals surface area contributed by atoms with Gasteiger partial charge in [0.05, 0.1) is 5.41 Å². The minimum atomic E-state index is -0.264. The number of carbonyl (C=O) groups is 1. The Balaban J connectivity index is 1.96. The van der Waals surface area contributed by atoms with Crippen molar-refractivity contribution in [2.24, 2.45) is 17.1 Å². The molecular weight excluding hydrogens is 248 g/mol. The Hall–Kier alpha value is -0.570. The Morgan fingerprint density at radius 3 is 2.30 bits per heavy atom. The van der Waals surface area contributed by atoms with E-state index < -0.39 is 0 Å². The summed E-state index contributed by atoms with van der Waals surface area (Å²) in [6.45, 7) is 2.72. The van der Waals surface area contributed by atoms with Crippen molar-refractivity contribution in [1.82, 2.24) is 5.32 Å². The highest BCUT2D eigenvalue weighted by atomic mass is 16.2. The predicted octanol–water partition coefficient (Wildman–Crippen LogP) is 3.37. The van der Waals surface area contributed by atoms with Gasteiger partial charge in [0, 0.05) is 12.6 Å². The highest BCUT2D eigenvalue weighted by molar-refractivity contribution is 5.83. The molecule has 0 aromatic rings. The van der Waals surface area contributed by atoms with Crippen molar-refractivity contribution >= 4 is 5.91 Å². The van der Waals surface area contributed by atoms with Crippen molar-refractivity contribution in [3.8, 4) is 0 Å². The lowest BCUT2D eigenvalue weighted by atomic mass is 9.73. The van der Waals surface area contributed by atoms with E-state index in [1.165, 1.54) is 38.5 Å². The monoisotopic (exact) mass is 280 g/mol. The molecule has 2 aliphatic carbocycles. The van der Waals surface area contributed by atoms with Crippen LogP contribution in [-0.4, -0.2) is 18.5 Å². The van der Waals surface area contributed by atoms with Crippen LogP contribution in [0.25, 0.3) is 0 Å². The van der Waals surface area contributed by atoms with Gasteiger partial charge >= 0.3 is 0 Å². The summed E-state index contributed by atoms with van der Waals surface area (Å²) < 4.78 is 0. The summed E-state index contributed by atoms with van der Waals surface area (Å²) in [6.07, 6.45) is 13.2. The van der Waals surface area contributed by atoms with Crippen LogP contribution in [0.15, 0.2) is 0 Å². The molecule has 1 unspecified atom stereocenters. The number of carbonyl (C=O) groups excluding carboxylic acids is 1. The number of nitrogens with two attached hydrogens (primary N) is 1. The molecule has 0 aliphatic heterocycles. The average Bonchev–Trinajstić information content (AvgIpc) is 2.53. The van der Waals surface area contributed by atoms with Crippen LogP contribution >= 0.6 is 0 Å². The Kier molecular flexibility index (Phi) is 5.88.